The van der Waals surface area contributed by atoms with Crippen molar-refractivity contribution in [1.29, 1.82) is 0 Å². The fraction of sp³-hybridized carbons (Fsp3) is 0.409. The zero-order valence-electron chi connectivity index (χ0n) is 15.8. The Morgan fingerprint density at radius 1 is 1.19 bits per heavy atom. The standard InChI is InChI=1S/C22H27NO3/c1-16(2)13-21-15-23(11-12-26-21)22(24)18-9-7-17(8-10-18)19-5-4-6-20(14-19)25-3/h4-10,14,16,21H,11-13,15H2,1-3H3/t21-/m1/s1. The monoisotopic (exact) mass is 353 g/mol. The molecule has 1 heterocycles. The highest BCUT2D eigenvalue weighted by atomic mass is 16.5. The van der Waals surface area contributed by atoms with Gasteiger partial charge in [-0.05, 0) is 47.7 Å². The number of morpholine rings is 1. The molecular weight excluding hydrogens is 326 g/mol. The van der Waals surface area contributed by atoms with E-state index in [0.29, 0.717) is 25.6 Å². The Kier molecular flexibility index (Phi) is 5.94. The van der Waals surface area contributed by atoms with E-state index >= 15 is 0 Å². The molecule has 2 aromatic rings. The first-order valence-corrected chi connectivity index (χ1v) is 9.22. The van der Waals surface area contributed by atoms with Gasteiger partial charge in [-0.25, -0.2) is 0 Å². The summed E-state index contributed by atoms with van der Waals surface area (Å²) in [5.74, 6) is 1.48. The van der Waals surface area contributed by atoms with Crippen LogP contribution in [0.5, 0.6) is 5.75 Å². The quantitative estimate of drug-likeness (QED) is 0.807. The van der Waals surface area contributed by atoms with Crippen LogP contribution in [0.15, 0.2) is 48.5 Å². The molecule has 1 fully saturated rings. The molecule has 1 aliphatic heterocycles. The lowest BCUT2D eigenvalue weighted by Gasteiger charge is -2.33. The minimum atomic E-state index is 0.0826. The molecule has 0 saturated carbocycles. The van der Waals surface area contributed by atoms with Gasteiger partial charge in [-0.2, -0.15) is 0 Å². The molecule has 0 aliphatic carbocycles. The van der Waals surface area contributed by atoms with E-state index in [4.69, 9.17) is 9.47 Å². The molecule has 0 bridgehead atoms. The molecule has 1 atom stereocenters. The number of ether oxygens (including phenoxy) is 2. The lowest BCUT2D eigenvalue weighted by atomic mass is 10.0. The molecule has 138 valence electrons. The Morgan fingerprint density at radius 3 is 2.65 bits per heavy atom. The van der Waals surface area contributed by atoms with Gasteiger partial charge < -0.3 is 14.4 Å². The predicted molar refractivity (Wildman–Crippen MR) is 104 cm³/mol. The normalized spacial score (nSPS) is 17.4. The molecule has 1 saturated heterocycles. The van der Waals surface area contributed by atoms with E-state index in [1.54, 1.807) is 7.11 Å². The Hall–Kier alpha value is -2.33. The van der Waals surface area contributed by atoms with Crippen LogP contribution in [0.1, 0.15) is 30.6 Å². The van der Waals surface area contributed by atoms with E-state index in [1.165, 1.54) is 0 Å². The molecule has 3 rings (SSSR count). The van der Waals surface area contributed by atoms with Crippen molar-refractivity contribution in [3.8, 4) is 16.9 Å². The summed E-state index contributed by atoms with van der Waals surface area (Å²) in [7, 11) is 1.66. The van der Waals surface area contributed by atoms with Crippen molar-refractivity contribution in [1.82, 2.24) is 4.90 Å². The Balaban J connectivity index is 1.70. The fourth-order valence-corrected chi connectivity index (χ4v) is 3.36. The fourth-order valence-electron chi connectivity index (χ4n) is 3.36. The SMILES string of the molecule is COc1cccc(-c2ccc(C(=O)N3CCO[C@H](CC(C)C)C3)cc2)c1. The molecule has 0 aromatic heterocycles. The van der Waals surface area contributed by atoms with Crippen LogP contribution in [-0.4, -0.2) is 43.7 Å². The predicted octanol–water partition coefficient (Wildman–Crippen LogP) is 4.25. The third-order valence-electron chi connectivity index (χ3n) is 4.70. The van der Waals surface area contributed by atoms with Crippen LogP contribution in [0, 0.1) is 5.92 Å². The highest BCUT2D eigenvalue weighted by Crippen LogP contribution is 2.24. The van der Waals surface area contributed by atoms with Gasteiger partial charge in [0.15, 0.2) is 0 Å². The maximum Gasteiger partial charge on any atom is 0.254 e. The van der Waals surface area contributed by atoms with Gasteiger partial charge in [-0.1, -0.05) is 38.1 Å². The molecule has 0 unspecified atom stereocenters. The number of hydrogen-bond donors (Lipinski definition) is 0. The number of benzene rings is 2. The van der Waals surface area contributed by atoms with Crippen molar-refractivity contribution >= 4 is 5.91 Å². The lowest BCUT2D eigenvalue weighted by Crippen LogP contribution is -2.46. The maximum absolute atomic E-state index is 12.8. The molecule has 0 N–H and O–H groups in total. The first-order chi connectivity index (χ1) is 12.6. The molecular formula is C22H27NO3. The van der Waals surface area contributed by atoms with E-state index in [9.17, 15) is 4.79 Å². The van der Waals surface area contributed by atoms with E-state index in [1.807, 2.05) is 53.4 Å². The largest absolute Gasteiger partial charge is 0.497 e. The minimum Gasteiger partial charge on any atom is -0.497 e. The summed E-state index contributed by atoms with van der Waals surface area (Å²) in [4.78, 5) is 14.7. The van der Waals surface area contributed by atoms with E-state index in [2.05, 4.69) is 13.8 Å². The van der Waals surface area contributed by atoms with Crippen molar-refractivity contribution in [3.63, 3.8) is 0 Å². The Labute approximate surface area is 155 Å². The number of carbonyl (C=O) groups is 1. The highest BCUT2D eigenvalue weighted by molar-refractivity contribution is 5.94. The van der Waals surface area contributed by atoms with Gasteiger partial charge in [-0.15, -0.1) is 0 Å². The van der Waals surface area contributed by atoms with Crippen LogP contribution in [0.2, 0.25) is 0 Å². The van der Waals surface area contributed by atoms with Crippen LogP contribution in [-0.2, 0) is 4.74 Å². The topological polar surface area (TPSA) is 38.8 Å². The summed E-state index contributed by atoms with van der Waals surface area (Å²) in [6.07, 6.45) is 1.13. The molecule has 0 spiro atoms. The van der Waals surface area contributed by atoms with E-state index < -0.39 is 0 Å². The van der Waals surface area contributed by atoms with Crippen molar-refractivity contribution in [2.75, 3.05) is 26.8 Å². The van der Waals surface area contributed by atoms with Crippen LogP contribution < -0.4 is 4.74 Å². The van der Waals surface area contributed by atoms with Crippen LogP contribution >= 0.6 is 0 Å². The van der Waals surface area contributed by atoms with Gasteiger partial charge in [0.05, 0.1) is 19.8 Å². The second-order valence-corrected chi connectivity index (χ2v) is 7.18. The van der Waals surface area contributed by atoms with E-state index in [0.717, 1.165) is 28.9 Å². The van der Waals surface area contributed by atoms with Gasteiger partial charge in [0, 0.05) is 18.7 Å². The molecule has 1 aliphatic rings. The number of carbonyl (C=O) groups excluding carboxylic acids is 1. The molecule has 1 amide bonds. The molecule has 4 nitrogen and oxygen atoms in total. The van der Waals surface area contributed by atoms with Crippen molar-refractivity contribution in [3.05, 3.63) is 54.1 Å². The maximum atomic E-state index is 12.8. The van der Waals surface area contributed by atoms with Gasteiger partial charge in [0.25, 0.3) is 5.91 Å². The first-order valence-electron chi connectivity index (χ1n) is 9.22. The van der Waals surface area contributed by atoms with Gasteiger partial charge in [0.2, 0.25) is 0 Å². The Morgan fingerprint density at radius 2 is 1.96 bits per heavy atom. The highest BCUT2D eigenvalue weighted by Gasteiger charge is 2.25. The summed E-state index contributed by atoms with van der Waals surface area (Å²) < 4.78 is 11.1. The third kappa shape index (κ3) is 4.44. The average molecular weight is 353 g/mol. The summed E-state index contributed by atoms with van der Waals surface area (Å²) in [6, 6.07) is 15.7. The average Bonchev–Trinajstić information content (AvgIpc) is 2.67. The summed E-state index contributed by atoms with van der Waals surface area (Å²) >= 11 is 0. The number of hydrogen-bond acceptors (Lipinski definition) is 3. The third-order valence-corrected chi connectivity index (χ3v) is 4.70. The van der Waals surface area contributed by atoms with Crippen molar-refractivity contribution < 1.29 is 14.3 Å². The Bertz CT molecular complexity index is 739. The van der Waals surface area contributed by atoms with Crippen LogP contribution in [0.25, 0.3) is 11.1 Å². The summed E-state index contributed by atoms with van der Waals surface area (Å²) in [6.45, 7) is 6.31. The zero-order valence-corrected chi connectivity index (χ0v) is 15.8. The van der Waals surface area contributed by atoms with Gasteiger partial charge in [-0.3, -0.25) is 4.79 Å². The smallest absolute Gasteiger partial charge is 0.254 e. The first kappa shape index (κ1) is 18.5. The molecule has 2 aromatic carbocycles. The number of methoxy groups -OCH3 is 1. The second-order valence-electron chi connectivity index (χ2n) is 7.18. The van der Waals surface area contributed by atoms with Gasteiger partial charge >= 0.3 is 0 Å². The zero-order chi connectivity index (χ0) is 18.5. The number of rotatable bonds is 5. The van der Waals surface area contributed by atoms with Crippen LogP contribution in [0.4, 0.5) is 0 Å². The number of amides is 1. The number of nitrogens with zero attached hydrogens (tertiary/aromatic N) is 1. The molecule has 4 heteroatoms. The second kappa shape index (κ2) is 8.37. The van der Waals surface area contributed by atoms with Crippen molar-refractivity contribution in [2.45, 2.75) is 26.4 Å². The summed E-state index contributed by atoms with van der Waals surface area (Å²) in [5.41, 5.74) is 2.87. The van der Waals surface area contributed by atoms with Crippen LogP contribution in [0.3, 0.4) is 0 Å². The van der Waals surface area contributed by atoms with Gasteiger partial charge in [0.1, 0.15) is 5.75 Å². The minimum absolute atomic E-state index is 0.0826. The van der Waals surface area contributed by atoms with E-state index in [-0.39, 0.29) is 12.0 Å². The lowest BCUT2D eigenvalue weighted by molar-refractivity contribution is -0.0298. The van der Waals surface area contributed by atoms with Crippen molar-refractivity contribution in [2.24, 2.45) is 5.92 Å². The molecule has 0 radical (unpaired) electrons. The molecule has 26 heavy (non-hydrogen) atoms. The summed E-state index contributed by atoms with van der Waals surface area (Å²) in [5, 5.41) is 0.